The molecule has 1 aromatic heterocycles. The van der Waals surface area contributed by atoms with E-state index in [2.05, 4.69) is 9.97 Å². The van der Waals surface area contributed by atoms with Crippen LogP contribution in [0.4, 0.5) is 4.79 Å². The summed E-state index contributed by atoms with van der Waals surface area (Å²) >= 11 is 0. The molecule has 2 aliphatic rings. The van der Waals surface area contributed by atoms with E-state index in [1.165, 1.54) is 7.11 Å². The Morgan fingerprint density at radius 1 is 1.21 bits per heavy atom. The Balaban J connectivity index is 1.47. The summed E-state index contributed by atoms with van der Waals surface area (Å²) in [4.78, 5) is 22.7. The molecule has 2 saturated heterocycles. The lowest BCUT2D eigenvalue weighted by molar-refractivity contribution is -0.137. The Bertz CT molecular complexity index is 800. The minimum absolute atomic E-state index is 0.215. The molecule has 1 N–H and O–H groups in total. The molecule has 3 heterocycles. The van der Waals surface area contributed by atoms with Crippen molar-refractivity contribution < 1.29 is 24.1 Å². The van der Waals surface area contributed by atoms with Crippen LogP contribution >= 0.6 is 0 Å². The molecule has 2 atom stereocenters. The van der Waals surface area contributed by atoms with Crippen molar-refractivity contribution in [3.05, 3.63) is 53.9 Å². The molecule has 1 aromatic carbocycles. The van der Waals surface area contributed by atoms with Crippen LogP contribution in [0.25, 0.3) is 0 Å². The number of nitrogens with zero attached hydrogens (tertiary/aromatic N) is 3. The van der Waals surface area contributed by atoms with Gasteiger partial charge in [0.15, 0.2) is 0 Å². The van der Waals surface area contributed by atoms with Gasteiger partial charge in [-0.2, -0.15) is 0 Å². The standard InChI is InChI=1S/C20H23N3O5/c1-26-18-21-9-15(10-22-18)20(25)7-16-12-27-13-17(8-20)23(16)19(24)28-11-14-5-3-2-4-6-14/h2-6,9-10,16-17,25H,7-8,11-13H2,1H3. The van der Waals surface area contributed by atoms with E-state index in [0.717, 1.165) is 5.56 Å². The van der Waals surface area contributed by atoms with Crippen LogP contribution < -0.4 is 4.74 Å². The number of hydrogen-bond donors (Lipinski definition) is 1. The van der Waals surface area contributed by atoms with Gasteiger partial charge in [-0.15, -0.1) is 0 Å². The summed E-state index contributed by atoms with van der Waals surface area (Å²) in [5.41, 5.74) is 0.422. The maximum Gasteiger partial charge on any atom is 0.410 e. The van der Waals surface area contributed by atoms with Crippen molar-refractivity contribution in [1.29, 1.82) is 0 Å². The maximum atomic E-state index is 12.7. The molecular formula is C20H23N3O5. The van der Waals surface area contributed by atoms with Crippen molar-refractivity contribution in [1.82, 2.24) is 14.9 Å². The molecule has 8 heteroatoms. The van der Waals surface area contributed by atoms with Gasteiger partial charge in [-0.05, 0) is 5.56 Å². The number of aliphatic hydroxyl groups is 1. The summed E-state index contributed by atoms with van der Waals surface area (Å²) in [6.45, 7) is 0.930. The largest absolute Gasteiger partial charge is 0.467 e. The van der Waals surface area contributed by atoms with E-state index < -0.39 is 5.60 Å². The lowest BCUT2D eigenvalue weighted by Gasteiger charge is -2.50. The number of rotatable bonds is 4. The van der Waals surface area contributed by atoms with Crippen LogP contribution in [0.3, 0.4) is 0 Å². The Morgan fingerprint density at radius 3 is 2.46 bits per heavy atom. The van der Waals surface area contributed by atoms with E-state index in [4.69, 9.17) is 14.2 Å². The summed E-state index contributed by atoms with van der Waals surface area (Å²) in [5, 5.41) is 11.3. The van der Waals surface area contributed by atoms with Crippen molar-refractivity contribution in [2.45, 2.75) is 37.1 Å². The molecule has 2 bridgehead atoms. The highest BCUT2D eigenvalue weighted by Crippen LogP contribution is 2.41. The zero-order chi connectivity index (χ0) is 19.6. The molecule has 8 nitrogen and oxygen atoms in total. The number of carbonyl (C=O) groups excluding carboxylic acids is 1. The Kier molecular flexibility index (Phi) is 5.15. The third-order valence-corrected chi connectivity index (χ3v) is 5.32. The second-order valence-electron chi connectivity index (χ2n) is 7.19. The van der Waals surface area contributed by atoms with Gasteiger partial charge in [-0.3, -0.25) is 4.90 Å². The number of ether oxygens (including phenoxy) is 3. The van der Waals surface area contributed by atoms with Crippen LogP contribution in [0.1, 0.15) is 24.0 Å². The second kappa shape index (κ2) is 7.73. The van der Waals surface area contributed by atoms with Gasteiger partial charge in [-0.25, -0.2) is 14.8 Å². The third kappa shape index (κ3) is 3.65. The van der Waals surface area contributed by atoms with Crippen molar-refractivity contribution in [3.8, 4) is 6.01 Å². The van der Waals surface area contributed by atoms with Gasteiger partial charge in [0.05, 0.1) is 38.0 Å². The van der Waals surface area contributed by atoms with Gasteiger partial charge >= 0.3 is 12.1 Å². The van der Waals surface area contributed by atoms with Gasteiger partial charge in [0.1, 0.15) is 6.61 Å². The lowest BCUT2D eigenvalue weighted by Crippen LogP contribution is -2.62. The number of aromatic nitrogens is 2. The SMILES string of the molecule is COc1ncc(C2(O)CC3COCC(C2)N3C(=O)OCc2ccccc2)cn1. The van der Waals surface area contributed by atoms with E-state index in [0.29, 0.717) is 31.6 Å². The van der Waals surface area contributed by atoms with Crippen molar-refractivity contribution >= 4 is 6.09 Å². The number of benzene rings is 1. The number of methoxy groups -OCH3 is 1. The van der Waals surface area contributed by atoms with Crippen LogP contribution in [-0.2, 0) is 21.7 Å². The third-order valence-electron chi connectivity index (χ3n) is 5.32. The summed E-state index contributed by atoms with van der Waals surface area (Å²) in [7, 11) is 1.49. The average molecular weight is 385 g/mol. The van der Waals surface area contributed by atoms with Crippen LogP contribution in [0.2, 0.25) is 0 Å². The smallest absolute Gasteiger partial charge is 0.410 e. The molecule has 4 rings (SSSR count). The average Bonchev–Trinajstić information content (AvgIpc) is 2.72. The monoisotopic (exact) mass is 385 g/mol. The highest BCUT2D eigenvalue weighted by molar-refractivity contribution is 5.69. The van der Waals surface area contributed by atoms with Gasteiger partial charge in [0, 0.05) is 30.8 Å². The first-order valence-electron chi connectivity index (χ1n) is 9.25. The fraction of sp³-hybridized carbons (Fsp3) is 0.450. The number of morpholine rings is 1. The van der Waals surface area contributed by atoms with Gasteiger partial charge in [0.25, 0.3) is 0 Å². The minimum atomic E-state index is -1.12. The molecule has 148 valence electrons. The lowest BCUT2D eigenvalue weighted by atomic mass is 9.78. The highest BCUT2D eigenvalue weighted by atomic mass is 16.6. The van der Waals surface area contributed by atoms with E-state index >= 15 is 0 Å². The molecule has 0 saturated carbocycles. The normalized spacial score (nSPS) is 26.6. The Hall–Kier alpha value is -2.71. The van der Waals surface area contributed by atoms with E-state index in [1.54, 1.807) is 17.3 Å². The molecule has 1 amide bonds. The molecule has 0 spiro atoms. The molecule has 0 radical (unpaired) electrons. The quantitative estimate of drug-likeness (QED) is 0.859. The molecule has 28 heavy (non-hydrogen) atoms. The van der Waals surface area contributed by atoms with Gasteiger partial charge < -0.3 is 19.3 Å². The van der Waals surface area contributed by atoms with Crippen molar-refractivity contribution in [2.24, 2.45) is 0 Å². The predicted octanol–water partition coefficient (Wildman–Crippen LogP) is 1.87. The number of hydrogen-bond acceptors (Lipinski definition) is 7. The van der Waals surface area contributed by atoms with Crippen LogP contribution in [0.5, 0.6) is 6.01 Å². The number of amides is 1. The van der Waals surface area contributed by atoms with Crippen LogP contribution in [-0.4, -0.2) is 58.5 Å². The van der Waals surface area contributed by atoms with E-state index in [1.807, 2.05) is 30.3 Å². The van der Waals surface area contributed by atoms with Gasteiger partial charge in [-0.1, -0.05) is 30.3 Å². The first-order chi connectivity index (χ1) is 13.6. The fourth-order valence-corrected chi connectivity index (χ4v) is 3.97. The molecular weight excluding hydrogens is 362 g/mol. The number of carbonyl (C=O) groups is 1. The fourth-order valence-electron chi connectivity index (χ4n) is 3.97. The van der Waals surface area contributed by atoms with Crippen molar-refractivity contribution in [3.63, 3.8) is 0 Å². The summed E-state index contributed by atoms with van der Waals surface area (Å²) in [5.74, 6) is 0. The first-order valence-corrected chi connectivity index (χ1v) is 9.25. The zero-order valence-electron chi connectivity index (χ0n) is 15.7. The first kappa shape index (κ1) is 18.6. The number of fused-ring (bicyclic) bond motifs is 2. The predicted molar refractivity (Wildman–Crippen MR) is 98.6 cm³/mol. The van der Waals surface area contributed by atoms with Crippen LogP contribution in [0, 0.1) is 0 Å². The maximum absolute atomic E-state index is 12.7. The topological polar surface area (TPSA) is 94.0 Å². The molecule has 0 aliphatic carbocycles. The summed E-state index contributed by atoms with van der Waals surface area (Å²) in [6, 6.07) is 9.25. The Labute approximate surface area is 163 Å². The molecule has 2 fully saturated rings. The Morgan fingerprint density at radius 2 is 1.86 bits per heavy atom. The summed E-state index contributed by atoms with van der Waals surface area (Å²) < 4.78 is 16.1. The summed E-state index contributed by atoms with van der Waals surface area (Å²) in [6.07, 6.45) is 3.44. The van der Waals surface area contributed by atoms with Crippen molar-refractivity contribution in [2.75, 3.05) is 20.3 Å². The zero-order valence-corrected chi connectivity index (χ0v) is 15.7. The molecule has 2 aromatic rings. The van der Waals surface area contributed by atoms with Gasteiger partial charge in [0.2, 0.25) is 0 Å². The second-order valence-corrected chi connectivity index (χ2v) is 7.19. The minimum Gasteiger partial charge on any atom is -0.467 e. The van der Waals surface area contributed by atoms with E-state index in [-0.39, 0.29) is 30.8 Å². The van der Waals surface area contributed by atoms with E-state index in [9.17, 15) is 9.90 Å². The molecule has 2 aliphatic heterocycles. The highest BCUT2D eigenvalue weighted by Gasteiger charge is 2.49. The number of piperidine rings is 1. The van der Waals surface area contributed by atoms with Crippen LogP contribution in [0.15, 0.2) is 42.7 Å². The molecule has 2 unspecified atom stereocenters.